The molecule has 0 atom stereocenters. The molecule has 0 amide bonds. The van der Waals surface area contributed by atoms with Crippen LogP contribution >= 0.6 is 11.3 Å². The van der Waals surface area contributed by atoms with Crippen LogP contribution in [0.1, 0.15) is 18.4 Å². The SMILES string of the molecule is CCCc1nc2c(NC)cc(F)cc2s1. The zero-order valence-corrected chi connectivity index (χ0v) is 9.62. The number of nitrogens with zero attached hydrogens (tertiary/aromatic N) is 1. The van der Waals surface area contributed by atoms with Crippen LogP contribution in [-0.4, -0.2) is 12.0 Å². The maximum atomic E-state index is 13.2. The molecule has 1 aromatic heterocycles. The van der Waals surface area contributed by atoms with Crippen molar-refractivity contribution >= 4 is 27.2 Å². The first kappa shape index (κ1) is 10.4. The quantitative estimate of drug-likeness (QED) is 0.864. The lowest BCUT2D eigenvalue weighted by Crippen LogP contribution is -1.90. The van der Waals surface area contributed by atoms with Gasteiger partial charge in [0.2, 0.25) is 0 Å². The molecular formula is C11H13FN2S. The van der Waals surface area contributed by atoms with Crippen LogP contribution in [0.4, 0.5) is 10.1 Å². The summed E-state index contributed by atoms with van der Waals surface area (Å²) in [5.41, 5.74) is 1.65. The Kier molecular flexibility index (Phi) is 2.86. The molecule has 2 rings (SSSR count). The van der Waals surface area contributed by atoms with Gasteiger partial charge in [0.05, 0.1) is 15.4 Å². The molecule has 0 spiro atoms. The molecule has 0 bridgehead atoms. The lowest BCUT2D eigenvalue weighted by molar-refractivity contribution is 0.630. The maximum Gasteiger partial charge on any atom is 0.126 e. The van der Waals surface area contributed by atoms with Crippen molar-refractivity contribution in [1.29, 1.82) is 0 Å². The van der Waals surface area contributed by atoms with Gasteiger partial charge in [-0.05, 0) is 25.0 Å². The van der Waals surface area contributed by atoms with Gasteiger partial charge in [-0.2, -0.15) is 0 Å². The number of nitrogens with one attached hydrogen (secondary N) is 1. The second-order valence-electron chi connectivity index (χ2n) is 3.41. The maximum absolute atomic E-state index is 13.2. The van der Waals surface area contributed by atoms with E-state index in [1.54, 1.807) is 24.5 Å². The first-order chi connectivity index (χ1) is 7.24. The third kappa shape index (κ3) is 1.95. The topological polar surface area (TPSA) is 24.9 Å². The van der Waals surface area contributed by atoms with Crippen LogP contribution in [0, 0.1) is 5.82 Å². The Morgan fingerprint density at radius 3 is 2.93 bits per heavy atom. The minimum Gasteiger partial charge on any atom is -0.386 e. The standard InChI is InChI=1S/C11H13FN2S/c1-3-4-10-14-11-8(13-2)5-7(12)6-9(11)15-10/h5-6,13H,3-4H2,1-2H3. The summed E-state index contributed by atoms with van der Waals surface area (Å²) in [6, 6.07) is 3.03. The van der Waals surface area contributed by atoms with Gasteiger partial charge < -0.3 is 5.32 Å². The van der Waals surface area contributed by atoms with Crippen molar-refractivity contribution < 1.29 is 4.39 Å². The molecule has 80 valence electrons. The van der Waals surface area contributed by atoms with Crippen molar-refractivity contribution in [3.63, 3.8) is 0 Å². The summed E-state index contributed by atoms with van der Waals surface area (Å²) >= 11 is 1.57. The molecule has 1 heterocycles. The predicted octanol–water partition coefficient (Wildman–Crippen LogP) is 3.43. The van der Waals surface area contributed by atoms with Crippen LogP contribution in [-0.2, 0) is 6.42 Å². The molecule has 4 heteroatoms. The van der Waals surface area contributed by atoms with E-state index < -0.39 is 0 Å². The molecular weight excluding hydrogens is 211 g/mol. The summed E-state index contributed by atoms with van der Waals surface area (Å²) in [7, 11) is 1.78. The molecule has 0 aliphatic carbocycles. The Bertz CT molecular complexity index is 479. The van der Waals surface area contributed by atoms with E-state index in [0.717, 1.165) is 33.8 Å². The highest BCUT2D eigenvalue weighted by atomic mass is 32.1. The van der Waals surface area contributed by atoms with Crippen molar-refractivity contribution in [3.05, 3.63) is 23.0 Å². The lowest BCUT2D eigenvalue weighted by Gasteiger charge is -2.00. The lowest BCUT2D eigenvalue weighted by atomic mass is 10.3. The Morgan fingerprint density at radius 1 is 1.47 bits per heavy atom. The highest BCUT2D eigenvalue weighted by Crippen LogP contribution is 2.29. The molecule has 0 fully saturated rings. The number of benzene rings is 1. The van der Waals surface area contributed by atoms with Gasteiger partial charge in [-0.15, -0.1) is 11.3 Å². The zero-order chi connectivity index (χ0) is 10.8. The Hall–Kier alpha value is -1.16. The smallest absolute Gasteiger partial charge is 0.126 e. The van der Waals surface area contributed by atoms with E-state index in [1.807, 2.05) is 0 Å². The number of anilines is 1. The molecule has 0 unspecified atom stereocenters. The highest BCUT2D eigenvalue weighted by Gasteiger charge is 2.08. The molecule has 15 heavy (non-hydrogen) atoms. The van der Waals surface area contributed by atoms with Gasteiger partial charge >= 0.3 is 0 Å². The number of hydrogen-bond donors (Lipinski definition) is 1. The summed E-state index contributed by atoms with van der Waals surface area (Å²) in [6.45, 7) is 2.12. The van der Waals surface area contributed by atoms with Crippen molar-refractivity contribution in [3.8, 4) is 0 Å². The number of halogens is 1. The summed E-state index contributed by atoms with van der Waals surface area (Å²) in [5, 5.41) is 4.05. The van der Waals surface area contributed by atoms with Crippen LogP contribution < -0.4 is 5.32 Å². The number of aryl methyl sites for hydroxylation is 1. The molecule has 1 N–H and O–H groups in total. The minimum atomic E-state index is -0.210. The fraction of sp³-hybridized carbons (Fsp3) is 0.364. The molecule has 0 saturated heterocycles. The average Bonchev–Trinajstić information content (AvgIpc) is 2.59. The Labute approximate surface area is 92.1 Å². The van der Waals surface area contributed by atoms with E-state index in [0.29, 0.717) is 0 Å². The van der Waals surface area contributed by atoms with Crippen LogP contribution in [0.3, 0.4) is 0 Å². The van der Waals surface area contributed by atoms with Crippen LogP contribution in [0.15, 0.2) is 12.1 Å². The summed E-state index contributed by atoms with van der Waals surface area (Å²) < 4.78 is 14.1. The third-order valence-corrected chi connectivity index (χ3v) is 3.30. The summed E-state index contributed by atoms with van der Waals surface area (Å²) in [6.07, 6.45) is 2.03. The van der Waals surface area contributed by atoms with E-state index in [2.05, 4.69) is 17.2 Å². The van der Waals surface area contributed by atoms with Gasteiger partial charge in [0.25, 0.3) is 0 Å². The van der Waals surface area contributed by atoms with E-state index in [-0.39, 0.29) is 5.82 Å². The Balaban J connectivity index is 2.58. The summed E-state index contributed by atoms with van der Waals surface area (Å²) in [4.78, 5) is 4.50. The first-order valence-electron chi connectivity index (χ1n) is 5.01. The van der Waals surface area contributed by atoms with Gasteiger partial charge in [-0.1, -0.05) is 6.92 Å². The molecule has 0 saturated carbocycles. The largest absolute Gasteiger partial charge is 0.386 e. The van der Waals surface area contributed by atoms with Gasteiger partial charge in [0.1, 0.15) is 11.3 Å². The third-order valence-electron chi connectivity index (χ3n) is 2.24. The minimum absolute atomic E-state index is 0.210. The average molecular weight is 224 g/mol. The summed E-state index contributed by atoms with van der Waals surface area (Å²) in [5.74, 6) is -0.210. The fourth-order valence-electron chi connectivity index (χ4n) is 1.55. The number of aromatic nitrogens is 1. The molecule has 2 aromatic rings. The van der Waals surface area contributed by atoms with E-state index in [9.17, 15) is 4.39 Å². The van der Waals surface area contributed by atoms with Crippen molar-refractivity contribution in [2.24, 2.45) is 0 Å². The Morgan fingerprint density at radius 2 is 2.27 bits per heavy atom. The van der Waals surface area contributed by atoms with Crippen molar-refractivity contribution in [2.45, 2.75) is 19.8 Å². The number of rotatable bonds is 3. The second-order valence-corrected chi connectivity index (χ2v) is 4.52. The second kappa shape index (κ2) is 4.14. The predicted molar refractivity (Wildman–Crippen MR) is 63.1 cm³/mol. The number of hydrogen-bond acceptors (Lipinski definition) is 3. The van der Waals surface area contributed by atoms with E-state index >= 15 is 0 Å². The van der Waals surface area contributed by atoms with Gasteiger partial charge in [0.15, 0.2) is 0 Å². The molecule has 0 aliphatic rings. The number of thiazole rings is 1. The molecule has 2 nitrogen and oxygen atoms in total. The van der Waals surface area contributed by atoms with E-state index in [1.165, 1.54) is 6.07 Å². The highest BCUT2D eigenvalue weighted by molar-refractivity contribution is 7.18. The molecule has 1 aromatic carbocycles. The number of fused-ring (bicyclic) bond motifs is 1. The van der Waals surface area contributed by atoms with Crippen LogP contribution in [0.5, 0.6) is 0 Å². The first-order valence-corrected chi connectivity index (χ1v) is 5.83. The zero-order valence-electron chi connectivity index (χ0n) is 8.80. The van der Waals surface area contributed by atoms with Crippen LogP contribution in [0.25, 0.3) is 10.2 Å². The van der Waals surface area contributed by atoms with Crippen molar-refractivity contribution in [2.75, 3.05) is 12.4 Å². The monoisotopic (exact) mass is 224 g/mol. The van der Waals surface area contributed by atoms with E-state index in [4.69, 9.17) is 0 Å². The van der Waals surface area contributed by atoms with Gasteiger partial charge in [-0.3, -0.25) is 0 Å². The van der Waals surface area contributed by atoms with Crippen molar-refractivity contribution in [1.82, 2.24) is 4.98 Å². The fourth-order valence-corrected chi connectivity index (χ4v) is 2.67. The van der Waals surface area contributed by atoms with Gasteiger partial charge in [0, 0.05) is 7.05 Å². The molecule has 0 aliphatic heterocycles. The van der Waals surface area contributed by atoms with Crippen LogP contribution in [0.2, 0.25) is 0 Å². The van der Waals surface area contributed by atoms with Gasteiger partial charge in [-0.25, -0.2) is 9.37 Å². The molecule has 0 radical (unpaired) electrons. The normalized spacial score (nSPS) is 10.9.